The van der Waals surface area contributed by atoms with Gasteiger partial charge in [0.1, 0.15) is 0 Å². The summed E-state index contributed by atoms with van der Waals surface area (Å²) in [7, 11) is 0. The lowest BCUT2D eigenvalue weighted by Crippen LogP contribution is -2.54. The third-order valence-electron chi connectivity index (χ3n) is 3.86. The van der Waals surface area contributed by atoms with Gasteiger partial charge < -0.3 is 10.5 Å². The zero-order valence-electron chi connectivity index (χ0n) is 12.7. The van der Waals surface area contributed by atoms with E-state index in [2.05, 4.69) is 43.0 Å². The topological polar surface area (TPSA) is 51.4 Å². The zero-order chi connectivity index (χ0) is 14.9. The molecule has 2 aromatic rings. The van der Waals surface area contributed by atoms with Crippen molar-refractivity contribution in [2.24, 2.45) is 5.73 Å². The molecule has 4 nitrogen and oxygen atoms in total. The Balaban J connectivity index is 1.77. The van der Waals surface area contributed by atoms with Crippen LogP contribution in [0.1, 0.15) is 19.5 Å². The molecule has 0 spiro atoms. The molecular formula is C17H23N3O. The lowest BCUT2D eigenvalue weighted by atomic mass is 10.0. The van der Waals surface area contributed by atoms with Crippen LogP contribution in [0.3, 0.4) is 0 Å². The molecule has 1 atom stereocenters. The Hall–Kier alpha value is -1.49. The van der Waals surface area contributed by atoms with Gasteiger partial charge in [-0.05, 0) is 26.0 Å². The summed E-state index contributed by atoms with van der Waals surface area (Å²) < 4.78 is 5.97. The quantitative estimate of drug-likeness (QED) is 0.939. The Morgan fingerprint density at radius 3 is 2.90 bits per heavy atom. The first-order valence-electron chi connectivity index (χ1n) is 7.51. The molecule has 0 amide bonds. The molecule has 1 aromatic heterocycles. The lowest BCUT2D eigenvalue weighted by molar-refractivity contribution is -0.134. The van der Waals surface area contributed by atoms with E-state index in [0.29, 0.717) is 6.54 Å². The predicted molar refractivity (Wildman–Crippen MR) is 85.0 cm³/mol. The van der Waals surface area contributed by atoms with Crippen molar-refractivity contribution < 1.29 is 4.74 Å². The van der Waals surface area contributed by atoms with Gasteiger partial charge in [0.15, 0.2) is 0 Å². The van der Waals surface area contributed by atoms with Crippen molar-refractivity contribution in [2.75, 3.05) is 19.6 Å². The summed E-state index contributed by atoms with van der Waals surface area (Å²) in [6, 6.07) is 12.5. The number of para-hydroxylation sites is 1. The normalized spacial score (nSPS) is 22.5. The largest absolute Gasteiger partial charge is 0.368 e. The lowest BCUT2D eigenvalue weighted by Gasteiger charge is -2.42. The van der Waals surface area contributed by atoms with E-state index in [1.807, 2.05) is 12.1 Å². The van der Waals surface area contributed by atoms with Gasteiger partial charge in [0.25, 0.3) is 0 Å². The monoisotopic (exact) mass is 285 g/mol. The zero-order valence-corrected chi connectivity index (χ0v) is 12.7. The molecule has 1 aliphatic heterocycles. The molecule has 0 bridgehead atoms. The van der Waals surface area contributed by atoms with Crippen LogP contribution in [0.5, 0.6) is 0 Å². The average molecular weight is 285 g/mol. The molecule has 3 rings (SSSR count). The van der Waals surface area contributed by atoms with Gasteiger partial charge in [0, 0.05) is 31.6 Å². The van der Waals surface area contributed by atoms with Crippen LogP contribution in [-0.4, -0.2) is 41.2 Å². The van der Waals surface area contributed by atoms with Crippen LogP contribution in [0.4, 0.5) is 0 Å². The number of morpholine rings is 1. The molecule has 1 aromatic carbocycles. The van der Waals surface area contributed by atoms with Gasteiger partial charge in [-0.2, -0.15) is 0 Å². The maximum Gasteiger partial charge on any atom is 0.0831 e. The van der Waals surface area contributed by atoms with E-state index in [9.17, 15) is 0 Å². The fourth-order valence-corrected chi connectivity index (χ4v) is 3.09. The first-order valence-corrected chi connectivity index (χ1v) is 7.51. The van der Waals surface area contributed by atoms with Crippen LogP contribution >= 0.6 is 0 Å². The molecule has 112 valence electrons. The van der Waals surface area contributed by atoms with E-state index in [4.69, 9.17) is 15.5 Å². The van der Waals surface area contributed by atoms with E-state index >= 15 is 0 Å². The van der Waals surface area contributed by atoms with Crippen LogP contribution in [0.15, 0.2) is 36.4 Å². The third-order valence-corrected chi connectivity index (χ3v) is 3.86. The van der Waals surface area contributed by atoms with Gasteiger partial charge in [-0.25, -0.2) is 0 Å². The number of fused-ring (bicyclic) bond motifs is 1. The highest BCUT2D eigenvalue weighted by Crippen LogP contribution is 2.22. The van der Waals surface area contributed by atoms with Crippen molar-refractivity contribution in [3.8, 4) is 0 Å². The summed E-state index contributed by atoms with van der Waals surface area (Å²) in [5.74, 6) is 0. The van der Waals surface area contributed by atoms with Gasteiger partial charge in [0.2, 0.25) is 0 Å². The summed E-state index contributed by atoms with van der Waals surface area (Å²) in [5, 5.41) is 1.18. The first-order chi connectivity index (χ1) is 10.1. The Morgan fingerprint density at radius 1 is 1.29 bits per heavy atom. The summed E-state index contributed by atoms with van der Waals surface area (Å²) in [6.45, 7) is 7.41. The van der Waals surface area contributed by atoms with Crippen molar-refractivity contribution in [3.05, 3.63) is 42.1 Å². The minimum absolute atomic E-state index is 0.106. The Kier molecular flexibility index (Phi) is 3.93. The molecule has 1 fully saturated rings. The van der Waals surface area contributed by atoms with Gasteiger partial charge in [-0.15, -0.1) is 0 Å². The van der Waals surface area contributed by atoms with E-state index in [1.165, 1.54) is 5.39 Å². The molecule has 1 unspecified atom stereocenters. The molecular weight excluding hydrogens is 262 g/mol. The Morgan fingerprint density at radius 2 is 2.10 bits per heavy atom. The number of benzene rings is 1. The molecule has 1 aliphatic rings. The first kappa shape index (κ1) is 14.4. The van der Waals surface area contributed by atoms with Gasteiger partial charge in [-0.1, -0.05) is 24.3 Å². The average Bonchev–Trinajstić information content (AvgIpc) is 2.45. The second-order valence-electron chi connectivity index (χ2n) is 6.40. The van der Waals surface area contributed by atoms with Crippen molar-refractivity contribution in [1.29, 1.82) is 0 Å². The van der Waals surface area contributed by atoms with Crippen LogP contribution < -0.4 is 5.73 Å². The van der Waals surface area contributed by atoms with Gasteiger partial charge in [-0.3, -0.25) is 9.88 Å². The molecule has 1 saturated heterocycles. The van der Waals surface area contributed by atoms with E-state index in [1.54, 1.807) is 0 Å². The van der Waals surface area contributed by atoms with Crippen molar-refractivity contribution in [2.45, 2.75) is 32.1 Å². The molecule has 4 heteroatoms. The summed E-state index contributed by atoms with van der Waals surface area (Å²) in [5.41, 5.74) is 7.79. The smallest absolute Gasteiger partial charge is 0.0831 e. The second kappa shape index (κ2) is 5.72. The van der Waals surface area contributed by atoms with Gasteiger partial charge >= 0.3 is 0 Å². The molecule has 0 radical (unpaired) electrons. The number of rotatable bonds is 3. The summed E-state index contributed by atoms with van der Waals surface area (Å²) in [6.07, 6.45) is 0.106. The fourth-order valence-electron chi connectivity index (χ4n) is 3.09. The van der Waals surface area contributed by atoms with Gasteiger partial charge in [0.05, 0.1) is 22.9 Å². The maximum atomic E-state index is 5.97. The SMILES string of the molecule is CC1(C)CN(Cc2ccc3ccccc3n2)CC(CN)O1. The number of hydrogen-bond acceptors (Lipinski definition) is 4. The van der Waals surface area contributed by atoms with Crippen LogP contribution in [0, 0.1) is 0 Å². The molecule has 0 aliphatic carbocycles. The number of ether oxygens (including phenoxy) is 1. The second-order valence-corrected chi connectivity index (χ2v) is 6.40. The highest BCUT2D eigenvalue weighted by molar-refractivity contribution is 5.78. The summed E-state index contributed by atoms with van der Waals surface area (Å²) >= 11 is 0. The molecule has 2 heterocycles. The molecule has 21 heavy (non-hydrogen) atoms. The van der Waals surface area contributed by atoms with E-state index in [-0.39, 0.29) is 11.7 Å². The number of aromatic nitrogens is 1. The van der Waals surface area contributed by atoms with Crippen LogP contribution in [0.25, 0.3) is 10.9 Å². The van der Waals surface area contributed by atoms with Crippen molar-refractivity contribution in [3.63, 3.8) is 0 Å². The number of hydrogen-bond donors (Lipinski definition) is 1. The highest BCUT2D eigenvalue weighted by Gasteiger charge is 2.32. The predicted octanol–water partition coefficient (Wildman–Crippen LogP) is 2.17. The highest BCUT2D eigenvalue weighted by atomic mass is 16.5. The fraction of sp³-hybridized carbons (Fsp3) is 0.471. The number of pyridine rings is 1. The van der Waals surface area contributed by atoms with Crippen LogP contribution in [-0.2, 0) is 11.3 Å². The third kappa shape index (κ3) is 3.40. The Bertz CT molecular complexity index is 626. The summed E-state index contributed by atoms with van der Waals surface area (Å²) in [4.78, 5) is 7.14. The van der Waals surface area contributed by atoms with E-state index < -0.39 is 0 Å². The van der Waals surface area contributed by atoms with Crippen LogP contribution in [0.2, 0.25) is 0 Å². The molecule has 2 N–H and O–H groups in total. The minimum atomic E-state index is -0.154. The van der Waals surface area contributed by atoms with Crippen molar-refractivity contribution in [1.82, 2.24) is 9.88 Å². The molecule has 0 saturated carbocycles. The Labute approximate surface area is 125 Å². The number of nitrogens with zero attached hydrogens (tertiary/aromatic N) is 2. The maximum absolute atomic E-state index is 5.97. The number of nitrogens with two attached hydrogens (primary N) is 1. The minimum Gasteiger partial charge on any atom is -0.368 e. The standard InChI is InChI=1S/C17H23N3O/c1-17(2)12-20(11-15(9-18)21-17)10-14-8-7-13-5-3-4-6-16(13)19-14/h3-8,15H,9-12,18H2,1-2H3. The van der Waals surface area contributed by atoms with E-state index in [0.717, 1.165) is 30.8 Å². The van der Waals surface area contributed by atoms with Crippen molar-refractivity contribution >= 4 is 10.9 Å².